The number of carbonyl (C=O) groups is 3. The van der Waals surface area contributed by atoms with Crippen LogP contribution in [0.5, 0.6) is 0 Å². The van der Waals surface area contributed by atoms with Gasteiger partial charge in [-0.1, -0.05) is 12.1 Å². The SMILES string of the molecule is NCCSc1c(NCCCCCN=C(N)N)cccc1NC(=O)c1cc(C(=O)Nc2cccc(NC(=O)CCCCN=C(N)N)c2SCCN)ncn1. The van der Waals surface area contributed by atoms with Gasteiger partial charge < -0.3 is 55.7 Å². The van der Waals surface area contributed by atoms with E-state index in [1.807, 2.05) is 12.1 Å². The molecule has 0 unspecified atom stereocenters. The van der Waals surface area contributed by atoms with Crippen LogP contribution in [0, 0.1) is 0 Å². The van der Waals surface area contributed by atoms with E-state index >= 15 is 0 Å². The summed E-state index contributed by atoms with van der Waals surface area (Å²) >= 11 is 2.91. The predicted octanol–water partition coefficient (Wildman–Crippen LogP) is 2.32. The summed E-state index contributed by atoms with van der Waals surface area (Å²) in [4.78, 5) is 57.3. The lowest BCUT2D eigenvalue weighted by Crippen LogP contribution is -2.23. The molecule has 17 nitrogen and oxygen atoms in total. The first kappa shape index (κ1) is 42.3. The second kappa shape index (κ2) is 23.5. The Kier molecular flexibility index (Phi) is 18.7. The van der Waals surface area contributed by atoms with Gasteiger partial charge in [-0.2, -0.15) is 0 Å². The number of carbonyl (C=O) groups excluding carboxylic acids is 3. The highest BCUT2D eigenvalue weighted by Gasteiger charge is 2.19. The quantitative estimate of drug-likeness (QED) is 0.0287. The predicted molar refractivity (Wildman–Crippen MR) is 217 cm³/mol. The zero-order chi connectivity index (χ0) is 38.4. The van der Waals surface area contributed by atoms with Gasteiger partial charge in [0.1, 0.15) is 17.7 Å². The fourth-order valence-electron chi connectivity index (χ4n) is 4.78. The molecule has 16 N–H and O–H groups in total. The lowest BCUT2D eigenvalue weighted by Gasteiger charge is -2.17. The molecule has 3 rings (SSSR count). The van der Waals surface area contributed by atoms with Crippen LogP contribution in [-0.4, -0.2) is 83.8 Å². The van der Waals surface area contributed by atoms with Crippen molar-refractivity contribution in [3.63, 3.8) is 0 Å². The largest absolute Gasteiger partial charge is 0.384 e. The summed E-state index contributed by atoms with van der Waals surface area (Å²) in [5, 5.41) is 12.2. The number of benzene rings is 2. The van der Waals surface area contributed by atoms with Crippen molar-refractivity contribution in [2.75, 3.05) is 65.5 Å². The molecule has 0 radical (unpaired) electrons. The Hall–Kier alpha value is -5.11. The Morgan fingerprint density at radius 2 is 1.13 bits per heavy atom. The molecule has 0 aliphatic heterocycles. The molecule has 0 aliphatic carbocycles. The van der Waals surface area contributed by atoms with Crippen molar-refractivity contribution in [1.29, 1.82) is 0 Å². The van der Waals surface area contributed by atoms with Gasteiger partial charge in [0.15, 0.2) is 11.9 Å². The van der Waals surface area contributed by atoms with Gasteiger partial charge in [-0.05, 0) is 56.4 Å². The monoisotopic (exact) mass is 766 g/mol. The van der Waals surface area contributed by atoms with Gasteiger partial charge in [0.2, 0.25) is 5.91 Å². The van der Waals surface area contributed by atoms with E-state index in [0.717, 1.165) is 36.2 Å². The van der Waals surface area contributed by atoms with Gasteiger partial charge in [0, 0.05) is 62.4 Å². The van der Waals surface area contributed by atoms with Crippen LogP contribution in [0.15, 0.2) is 68.6 Å². The number of nitrogens with two attached hydrogens (primary N) is 6. The minimum absolute atomic E-state index is 0.00218. The Morgan fingerprint density at radius 1 is 0.642 bits per heavy atom. The summed E-state index contributed by atoms with van der Waals surface area (Å²) in [6.45, 7) is 2.56. The van der Waals surface area contributed by atoms with Gasteiger partial charge in [0.05, 0.1) is 26.9 Å². The van der Waals surface area contributed by atoms with Crippen LogP contribution < -0.4 is 55.7 Å². The minimum Gasteiger partial charge on any atom is -0.384 e. The molecule has 53 heavy (non-hydrogen) atoms. The maximum Gasteiger partial charge on any atom is 0.274 e. The number of hydrogen-bond donors (Lipinski definition) is 10. The van der Waals surface area contributed by atoms with Crippen molar-refractivity contribution < 1.29 is 14.4 Å². The Labute approximate surface area is 317 Å². The number of nitrogens with zero attached hydrogens (tertiary/aromatic N) is 4. The van der Waals surface area contributed by atoms with Crippen molar-refractivity contribution in [3.05, 3.63) is 60.2 Å². The van der Waals surface area contributed by atoms with Crippen LogP contribution >= 0.6 is 23.5 Å². The second-order valence-electron chi connectivity index (χ2n) is 11.4. The highest BCUT2D eigenvalue weighted by Crippen LogP contribution is 2.36. The van der Waals surface area contributed by atoms with E-state index in [-0.39, 0.29) is 35.6 Å². The minimum atomic E-state index is -0.567. The third-order valence-electron chi connectivity index (χ3n) is 7.21. The van der Waals surface area contributed by atoms with Crippen molar-refractivity contribution in [3.8, 4) is 0 Å². The first-order valence-corrected chi connectivity index (χ1v) is 19.1. The highest BCUT2D eigenvalue weighted by molar-refractivity contribution is 7.99. The number of aliphatic imine (C=N–C) groups is 2. The fourth-order valence-corrected chi connectivity index (χ4v) is 6.55. The highest BCUT2D eigenvalue weighted by atomic mass is 32.2. The number of hydrogen-bond acceptors (Lipinski definition) is 12. The first-order chi connectivity index (χ1) is 25.6. The maximum atomic E-state index is 13.5. The van der Waals surface area contributed by atoms with Crippen LogP contribution in [0.1, 0.15) is 59.5 Å². The van der Waals surface area contributed by atoms with E-state index in [1.54, 1.807) is 24.3 Å². The van der Waals surface area contributed by atoms with E-state index in [0.29, 0.717) is 79.0 Å². The molecule has 1 heterocycles. The molecule has 0 fully saturated rings. The molecule has 0 atom stereocenters. The molecule has 0 aliphatic rings. The maximum absolute atomic E-state index is 13.5. The van der Waals surface area contributed by atoms with Gasteiger partial charge >= 0.3 is 0 Å². The summed E-state index contributed by atoms with van der Waals surface area (Å²) in [5.41, 5.74) is 35.4. The molecule has 1 aromatic heterocycles. The Balaban J connectivity index is 1.71. The van der Waals surface area contributed by atoms with Gasteiger partial charge in [-0.3, -0.25) is 24.4 Å². The number of amides is 3. The molecule has 0 bridgehead atoms. The number of thioether (sulfide) groups is 2. The van der Waals surface area contributed by atoms with Crippen molar-refractivity contribution in [2.45, 2.75) is 48.3 Å². The average molecular weight is 767 g/mol. The number of aromatic nitrogens is 2. The van der Waals surface area contributed by atoms with Crippen LogP contribution in [0.4, 0.5) is 22.7 Å². The second-order valence-corrected chi connectivity index (χ2v) is 13.7. The molecule has 0 saturated heterocycles. The summed E-state index contributed by atoms with van der Waals surface area (Å²) in [7, 11) is 0. The van der Waals surface area contributed by atoms with Crippen molar-refractivity contribution in [1.82, 2.24) is 9.97 Å². The van der Waals surface area contributed by atoms with Crippen molar-refractivity contribution >= 4 is 75.9 Å². The van der Waals surface area contributed by atoms with Crippen LogP contribution in [-0.2, 0) is 4.79 Å². The number of unbranched alkanes of at least 4 members (excludes halogenated alkanes) is 3. The first-order valence-electron chi connectivity index (χ1n) is 17.1. The summed E-state index contributed by atoms with van der Waals surface area (Å²) in [6.07, 6.45) is 5.37. The number of guanidine groups is 2. The smallest absolute Gasteiger partial charge is 0.274 e. The lowest BCUT2D eigenvalue weighted by molar-refractivity contribution is -0.116. The third kappa shape index (κ3) is 15.2. The third-order valence-corrected chi connectivity index (χ3v) is 9.55. The van der Waals surface area contributed by atoms with Crippen LogP contribution in [0.25, 0.3) is 0 Å². The Bertz CT molecular complexity index is 1720. The number of nitrogens with one attached hydrogen (secondary N) is 4. The van der Waals surface area contributed by atoms with Gasteiger partial charge in [-0.15, -0.1) is 23.5 Å². The molecule has 286 valence electrons. The average Bonchev–Trinajstić information content (AvgIpc) is 3.13. The van der Waals surface area contributed by atoms with Crippen LogP contribution in [0.3, 0.4) is 0 Å². The molecular weight excluding hydrogens is 717 g/mol. The van der Waals surface area contributed by atoms with E-state index in [4.69, 9.17) is 34.4 Å². The molecule has 19 heteroatoms. The fraction of sp³-hybridized carbons (Fsp3) is 0.382. The molecule has 0 spiro atoms. The topological polar surface area (TPSA) is 306 Å². The zero-order valence-corrected chi connectivity index (χ0v) is 31.2. The lowest BCUT2D eigenvalue weighted by atomic mass is 10.2. The van der Waals surface area contributed by atoms with E-state index < -0.39 is 11.8 Å². The molecular formula is C34H50N14O3S2. The summed E-state index contributed by atoms with van der Waals surface area (Å²) in [6, 6.07) is 12.1. The number of anilines is 4. The Morgan fingerprint density at radius 3 is 1.66 bits per heavy atom. The van der Waals surface area contributed by atoms with Gasteiger partial charge in [-0.25, -0.2) is 9.97 Å². The normalized spacial score (nSPS) is 10.6. The summed E-state index contributed by atoms with van der Waals surface area (Å²) < 4.78 is 0. The molecule has 3 amide bonds. The van der Waals surface area contributed by atoms with E-state index in [9.17, 15) is 14.4 Å². The van der Waals surface area contributed by atoms with E-state index in [2.05, 4.69) is 41.2 Å². The number of rotatable bonds is 23. The molecule has 0 saturated carbocycles. The standard InChI is InChI=1S/C34H50N14O3S2/c35-13-18-52-29-22(41-15-3-1-4-16-42-33(37)38)8-6-10-24(29)47-31(50)26-20-27(45-21-44-26)32(51)48-25-11-7-9-23(30(25)53-19-14-36)46-28(49)12-2-5-17-43-34(39)40/h6-11,20-21,41H,1-5,12-19,35-36H2,(H,46,49)(H,47,50)(H,48,51)(H4,37,38,42)(H4,39,40,43). The summed E-state index contributed by atoms with van der Waals surface area (Å²) in [5.74, 6) is -0.00594. The zero-order valence-electron chi connectivity index (χ0n) is 29.6. The van der Waals surface area contributed by atoms with Crippen molar-refractivity contribution in [2.24, 2.45) is 44.4 Å². The molecule has 3 aromatic rings. The van der Waals surface area contributed by atoms with Gasteiger partial charge in [0.25, 0.3) is 11.8 Å². The van der Waals surface area contributed by atoms with E-state index in [1.165, 1.54) is 29.6 Å². The molecule has 2 aromatic carbocycles. The van der Waals surface area contributed by atoms with Crippen LogP contribution in [0.2, 0.25) is 0 Å².